The van der Waals surface area contributed by atoms with E-state index >= 15 is 0 Å². The number of benzene rings is 1. The second-order valence-electron chi connectivity index (χ2n) is 5.78. The Morgan fingerprint density at radius 1 is 1.14 bits per heavy atom. The summed E-state index contributed by atoms with van der Waals surface area (Å²) in [6, 6.07) is 6.79. The van der Waals surface area contributed by atoms with Gasteiger partial charge in [-0.25, -0.2) is 4.68 Å². The first kappa shape index (κ1) is 14.6. The second-order valence-corrected chi connectivity index (χ2v) is 5.78. The lowest BCUT2D eigenvalue weighted by Gasteiger charge is -2.22. The summed E-state index contributed by atoms with van der Waals surface area (Å²) in [6.45, 7) is -0.157. The van der Waals surface area contributed by atoms with E-state index in [-0.39, 0.29) is 29.6 Å². The van der Waals surface area contributed by atoms with Gasteiger partial charge in [0.1, 0.15) is 6.54 Å². The van der Waals surface area contributed by atoms with E-state index in [2.05, 4.69) is 10.4 Å². The molecule has 116 valence electrons. The van der Waals surface area contributed by atoms with Gasteiger partial charge < -0.3 is 5.32 Å². The molecule has 2 aromatic rings. The maximum absolute atomic E-state index is 12.3. The number of carbonyl (C=O) groups excluding carboxylic acids is 1. The number of aromatic nitrogens is 2. The van der Waals surface area contributed by atoms with Crippen LogP contribution < -0.4 is 16.4 Å². The van der Waals surface area contributed by atoms with E-state index in [4.69, 9.17) is 0 Å². The van der Waals surface area contributed by atoms with Crippen LogP contribution >= 0.6 is 0 Å². The lowest BCUT2D eigenvalue weighted by Crippen LogP contribution is -2.41. The Kier molecular flexibility index (Phi) is 4.09. The van der Waals surface area contributed by atoms with E-state index in [9.17, 15) is 14.4 Å². The molecule has 1 saturated carbocycles. The molecule has 0 unspecified atom stereocenters. The number of rotatable bonds is 3. The number of amides is 1. The molecular formula is C16H19N3O3. The van der Waals surface area contributed by atoms with Crippen molar-refractivity contribution in [3.63, 3.8) is 0 Å². The molecule has 0 atom stereocenters. The van der Waals surface area contributed by atoms with E-state index in [1.165, 1.54) is 6.42 Å². The van der Waals surface area contributed by atoms with Gasteiger partial charge in [-0.15, -0.1) is 0 Å². The van der Waals surface area contributed by atoms with Gasteiger partial charge >= 0.3 is 0 Å². The predicted molar refractivity (Wildman–Crippen MR) is 83.8 cm³/mol. The molecule has 3 rings (SSSR count). The summed E-state index contributed by atoms with van der Waals surface area (Å²) < 4.78 is 1.09. The van der Waals surface area contributed by atoms with Crippen molar-refractivity contribution < 1.29 is 4.79 Å². The third-order valence-corrected chi connectivity index (χ3v) is 4.16. The van der Waals surface area contributed by atoms with Crippen molar-refractivity contribution >= 4 is 16.7 Å². The van der Waals surface area contributed by atoms with Crippen molar-refractivity contribution in [2.45, 2.75) is 44.7 Å². The minimum atomic E-state index is -0.360. The Bertz CT molecular complexity index is 800. The first-order chi connectivity index (χ1) is 10.6. The first-order valence-electron chi connectivity index (χ1n) is 7.66. The van der Waals surface area contributed by atoms with Gasteiger partial charge in [-0.2, -0.15) is 0 Å². The zero-order valence-electron chi connectivity index (χ0n) is 12.3. The molecule has 0 bridgehead atoms. The van der Waals surface area contributed by atoms with Crippen molar-refractivity contribution in [1.82, 2.24) is 15.1 Å². The normalized spacial score (nSPS) is 15.8. The molecule has 1 aliphatic carbocycles. The molecule has 0 radical (unpaired) electrons. The third kappa shape index (κ3) is 2.95. The number of aromatic amines is 1. The van der Waals surface area contributed by atoms with Crippen LogP contribution in [-0.2, 0) is 11.3 Å². The van der Waals surface area contributed by atoms with Gasteiger partial charge in [0.05, 0.1) is 10.8 Å². The van der Waals surface area contributed by atoms with Gasteiger partial charge in [-0.3, -0.25) is 19.5 Å². The highest BCUT2D eigenvalue weighted by Crippen LogP contribution is 2.17. The van der Waals surface area contributed by atoms with Gasteiger partial charge in [0.2, 0.25) is 5.91 Å². The average molecular weight is 301 g/mol. The molecule has 1 fully saturated rings. The van der Waals surface area contributed by atoms with Gasteiger partial charge in [-0.1, -0.05) is 31.4 Å². The summed E-state index contributed by atoms with van der Waals surface area (Å²) in [5.74, 6) is -0.236. The summed E-state index contributed by atoms with van der Waals surface area (Å²) >= 11 is 0. The SMILES string of the molecule is O=C(Cn1[nH]c(=O)c2ccccc2c1=O)NC1CCCCC1. The molecule has 1 aliphatic rings. The fourth-order valence-corrected chi connectivity index (χ4v) is 3.02. The van der Waals surface area contributed by atoms with E-state index in [0.717, 1.165) is 30.4 Å². The molecule has 1 amide bonds. The summed E-state index contributed by atoms with van der Waals surface area (Å²) in [5, 5.41) is 6.09. The van der Waals surface area contributed by atoms with E-state index < -0.39 is 0 Å². The lowest BCUT2D eigenvalue weighted by atomic mass is 9.95. The number of carbonyl (C=O) groups is 1. The van der Waals surface area contributed by atoms with Crippen molar-refractivity contribution in [3.8, 4) is 0 Å². The minimum absolute atomic E-state index is 0.157. The highest BCUT2D eigenvalue weighted by atomic mass is 16.2. The molecule has 22 heavy (non-hydrogen) atoms. The summed E-state index contributed by atoms with van der Waals surface area (Å²) in [4.78, 5) is 36.4. The van der Waals surface area contributed by atoms with Gasteiger partial charge in [0.15, 0.2) is 0 Å². The quantitative estimate of drug-likeness (QED) is 0.891. The van der Waals surface area contributed by atoms with Crippen LogP contribution in [0.3, 0.4) is 0 Å². The van der Waals surface area contributed by atoms with Crippen LogP contribution in [0.4, 0.5) is 0 Å². The Morgan fingerprint density at radius 2 is 1.82 bits per heavy atom. The summed E-state index contributed by atoms with van der Waals surface area (Å²) in [7, 11) is 0. The predicted octanol–water partition coefficient (Wildman–Crippen LogP) is 1.14. The molecule has 0 spiro atoms. The zero-order valence-corrected chi connectivity index (χ0v) is 12.3. The van der Waals surface area contributed by atoms with E-state index in [1.54, 1.807) is 24.3 Å². The third-order valence-electron chi connectivity index (χ3n) is 4.16. The average Bonchev–Trinajstić information content (AvgIpc) is 2.53. The number of hydrogen-bond donors (Lipinski definition) is 2. The van der Waals surface area contributed by atoms with Crippen LogP contribution in [0.2, 0.25) is 0 Å². The Balaban J connectivity index is 1.81. The summed E-state index contributed by atoms with van der Waals surface area (Å²) in [5.41, 5.74) is -0.713. The largest absolute Gasteiger partial charge is 0.352 e. The number of fused-ring (bicyclic) bond motifs is 1. The standard InChI is InChI=1S/C16H19N3O3/c20-14(17-11-6-2-1-3-7-11)10-19-16(22)13-9-5-4-8-12(13)15(21)18-19/h4-5,8-9,11H,1-3,6-7,10H2,(H,17,20)(H,18,21). The smallest absolute Gasteiger partial charge is 0.273 e. The molecule has 1 aromatic carbocycles. The molecular weight excluding hydrogens is 282 g/mol. The van der Waals surface area contributed by atoms with Crippen LogP contribution in [0, 0.1) is 0 Å². The van der Waals surface area contributed by atoms with Crippen LogP contribution in [0.15, 0.2) is 33.9 Å². The maximum atomic E-state index is 12.3. The Labute approximate surface area is 127 Å². The maximum Gasteiger partial charge on any atom is 0.273 e. The summed E-state index contributed by atoms with van der Waals surface area (Å²) in [6.07, 6.45) is 5.42. The fourth-order valence-electron chi connectivity index (χ4n) is 3.02. The number of H-pyrrole nitrogens is 1. The first-order valence-corrected chi connectivity index (χ1v) is 7.66. The van der Waals surface area contributed by atoms with Gasteiger partial charge in [-0.05, 0) is 25.0 Å². The molecule has 0 aliphatic heterocycles. The van der Waals surface area contributed by atoms with Crippen LogP contribution in [0.5, 0.6) is 0 Å². The Hall–Kier alpha value is -2.37. The number of nitrogens with one attached hydrogen (secondary N) is 2. The van der Waals surface area contributed by atoms with Gasteiger partial charge in [0, 0.05) is 6.04 Å². The van der Waals surface area contributed by atoms with E-state index in [0.29, 0.717) is 10.8 Å². The molecule has 6 nitrogen and oxygen atoms in total. The number of nitrogens with zero attached hydrogens (tertiary/aromatic N) is 1. The lowest BCUT2D eigenvalue weighted by molar-refractivity contribution is -0.122. The molecule has 6 heteroatoms. The van der Waals surface area contributed by atoms with Crippen LogP contribution in [0.1, 0.15) is 32.1 Å². The van der Waals surface area contributed by atoms with Crippen LogP contribution in [-0.4, -0.2) is 21.7 Å². The molecule has 2 N–H and O–H groups in total. The molecule has 0 saturated heterocycles. The fraction of sp³-hybridized carbons (Fsp3) is 0.438. The van der Waals surface area contributed by atoms with Crippen LogP contribution in [0.25, 0.3) is 10.8 Å². The topological polar surface area (TPSA) is 84.0 Å². The van der Waals surface area contributed by atoms with Crippen molar-refractivity contribution in [1.29, 1.82) is 0 Å². The second kappa shape index (κ2) is 6.17. The number of hydrogen-bond acceptors (Lipinski definition) is 3. The molecule has 1 aromatic heterocycles. The van der Waals surface area contributed by atoms with Crippen molar-refractivity contribution in [2.24, 2.45) is 0 Å². The van der Waals surface area contributed by atoms with E-state index in [1.807, 2.05) is 0 Å². The highest BCUT2D eigenvalue weighted by Gasteiger charge is 2.16. The minimum Gasteiger partial charge on any atom is -0.352 e. The van der Waals surface area contributed by atoms with Gasteiger partial charge in [0.25, 0.3) is 11.1 Å². The monoisotopic (exact) mass is 301 g/mol. The molecule has 1 heterocycles. The van der Waals surface area contributed by atoms with Crippen molar-refractivity contribution in [2.75, 3.05) is 0 Å². The van der Waals surface area contributed by atoms with Crippen molar-refractivity contribution in [3.05, 3.63) is 45.0 Å². The zero-order chi connectivity index (χ0) is 15.5. The highest BCUT2D eigenvalue weighted by molar-refractivity contribution is 5.81. The Morgan fingerprint density at radius 3 is 2.55 bits per heavy atom.